The molecule has 0 aromatic heterocycles. The zero-order chi connectivity index (χ0) is 10.2. The van der Waals surface area contributed by atoms with Crippen molar-refractivity contribution in [3.8, 4) is 0 Å². The maximum Gasteiger partial charge on any atom is 0.184 e. The van der Waals surface area contributed by atoms with Gasteiger partial charge in [-0.2, -0.15) is 0 Å². The minimum Gasteiger partial charge on any atom is -0.394 e. The Morgan fingerprint density at radius 1 is 1.17 bits per heavy atom. The van der Waals surface area contributed by atoms with E-state index >= 15 is 0 Å². The van der Waals surface area contributed by atoms with Gasteiger partial charge in [-0.25, -0.2) is 0 Å². The summed E-state index contributed by atoms with van der Waals surface area (Å²) in [6.07, 6.45) is -9.31. The summed E-state index contributed by atoms with van der Waals surface area (Å²) in [6.45, 7) is -0.620. The van der Waals surface area contributed by atoms with Crippen molar-refractivity contribution in [2.45, 2.75) is 30.7 Å². The quantitative estimate of drug-likeness (QED) is 0.291. The summed E-state index contributed by atoms with van der Waals surface area (Å²) in [5, 5.41) is 45.0. The predicted octanol–water partition coefficient (Wildman–Crippen LogP) is -3.22. The lowest BCUT2D eigenvalue weighted by Crippen LogP contribution is -2.58. The van der Waals surface area contributed by atoms with Gasteiger partial charge in [0.2, 0.25) is 0 Å². The van der Waals surface area contributed by atoms with Crippen molar-refractivity contribution in [3.05, 3.63) is 0 Å². The van der Waals surface area contributed by atoms with Crippen molar-refractivity contribution < 1.29 is 31.6 Å². The number of ether oxygens (including phenoxy) is 1. The first-order valence-electron chi connectivity index (χ1n) is 3.94. The molecule has 0 aromatic carbocycles. The molecular weight excluding hydrogens is 168 g/mol. The molecule has 1 aliphatic heterocycles. The summed E-state index contributed by atoms with van der Waals surface area (Å²) in [5.41, 5.74) is 0. The Balaban J connectivity index is 2.79. The third kappa shape index (κ3) is 1.58. The topological polar surface area (TPSA) is 110 Å². The van der Waals surface area contributed by atoms with Crippen molar-refractivity contribution in [1.29, 1.82) is 0 Å². The van der Waals surface area contributed by atoms with Gasteiger partial charge in [0.1, 0.15) is 24.4 Å². The van der Waals surface area contributed by atoms with Crippen molar-refractivity contribution in [3.63, 3.8) is 0 Å². The van der Waals surface area contributed by atoms with E-state index < -0.39 is 37.3 Å². The van der Waals surface area contributed by atoms with Crippen LogP contribution in [-0.4, -0.2) is 62.8 Å². The van der Waals surface area contributed by atoms with Crippen LogP contribution >= 0.6 is 0 Å². The molecule has 5 atom stereocenters. The first kappa shape index (κ1) is 8.36. The molecule has 0 aliphatic carbocycles. The van der Waals surface area contributed by atoms with Gasteiger partial charge in [-0.1, -0.05) is 0 Å². The van der Waals surface area contributed by atoms with Gasteiger partial charge in [0, 0.05) is 0 Å². The highest BCUT2D eigenvalue weighted by molar-refractivity contribution is 4.87. The number of hydrogen-bond donors (Lipinski definition) is 5. The SMILES string of the molecule is [2H][C@]1(O)C(O)O[C@H](CO)[C@H](O)[C@@H]1O. The lowest BCUT2D eigenvalue weighted by atomic mass is 10.00. The maximum atomic E-state index is 9.16. The average molecular weight is 181 g/mol. The molecule has 5 N–H and O–H groups in total. The summed E-state index contributed by atoms with van der Waals surface area (Å²) in [7, 11) is 0. The van der Waals surface area contributed by atoms with Crippen molar-refractivity contribution >= 4 is 0 Å². The molecule has 1 saturated heterocycles. The zero-order valence-electron chi connectivity index (χ0n) is 7.16. The highest BCUT2D eigenvalue weighted by atomic mass is 16.6. The Labute approximate surface area is 70.0 Å². The van der Waals surface area contributed by atoms with E-state index in [-0.39, 0.29) is 0 Å². The second kappa shape index (κ2) is 3.65. The van der Waals surface area contributed by atoms with Gasteiger partial charge < -0.3 is 30.3 Å². The van der Waals surface area contributed by atoms with Crippen LogP contribution in [0, 0.1) is 0 Å². The fourth-order valence-electron chi connectivity index (χ4n) is 0.991. The van der Waals surface area contributed by atoms with Crippen LogP contribution in [0.15, 0.2) is 0 Å². The molecule has 0 amide bonds. The highest BCUT2D eigenvalue weighted by Crippen LogP contribution is 2.18. The molecule has 1 rings (SSSR count). The molecule has 0 bridgehead atoms. The summed E-state index contributed by atoms with van der Waals surface area (Å²) >= 11 is 0. The van der Waals surface area contributed by atoms with Gasteiger partial charge in [0.15, 0.2) is 6.29 Å². The van der Waals surface area contributed by atoms with Gasteiger partial charge in [0.05, 0.1) is 7.98 Å². The second-order valence-corrected chi connectivity index (χ2v) is 2.57. The van der Waals surface area contributed by atoms with Crippen molar-refractivity contribution in [1.82, 2.24) is 0 Å². The Hall–Kier alpha value is -0.240. The van der Waals surface area contributed by atoms with Crippen LogP contribution in [-0.2, 0) is 4.74 Å². The summed E-state index contributed by atoms with van der Waals surface area (Å²) in [5.74, 6) is 0. The number of aliphatic hydroxyl groups is 5. The molecule has 0 spiro atoms. The smallest absolute Gasteiger partial charge is 0.184 e. The normalized spacial score (nSPS) is 56.6. The first-order chi connectivity index (χ1) is 5.91. The van der Waals surface area contributed by atoms with Gasteiger partial charge in [-0.3, -0.25) is 0 Å². The molecule has 0 radical (unpaired) electrons. The lowest BCUT2D eigenvalue weighted by Gasteiger charge is -2.37. The van der Waals surface area contributed by atoms with Crippen molar-refractivity contribution in [2.24, 2.45) is 0 Å². The van der Waals surface area contributed by atoms with Crippen LogP contribution in [0.4, 0.5) is 0 Å². The minimum absolute atomic E-state index is 0.620. The van der Waals surface area contributed by atoms with Crippen LogP contribution < -0.4 is 0 Å². The Bertz CT molecular complexity index is 186. The molecule has 1 fully saturated rings. The molecule has 72 valence electrons. The molecule has 0 saturated carbocycles. The first-order valence-corrected chi connectivity index (χ1v) is 3.44. The van der Waals surface area contributed by atoms with E-state index in [2.05, 4.69) is 4.74 Å². The monoisotopic (exact) mass is 181 g/mol. The number of hydrogen-bond acceptors (Lipinski definition) is 6. The van der Waals surface area contributed by atoms with Gasteiger partial charge in [0.25, 0.3) is 0 Å². The largest absolute Gasteiger partial charge is 0.394 e. The molecule has 12 heavy (non-hydrogen) atoms. The Kier molecular flexibility index (Phi) is 2.54. The summed E-state index contributed by atoms with van der Waals surface area (Å²) in [4.78, 5) is 0. The van der Waals surface area contributed by atoms with Crippen LogP contribution in [0.2, 0.25) is 0 Å². The maximum absolute atomic E-state index is 9.16. The highest BCUT2D eigenvalue weighted by Gasteiger charge is 2.42. The lowest BCUT2D eigenvalue weighted by molar-refractivity contribution is -0.286. The van der Waals surface area contributed by atoms with Crippen LogP contribution in [0.5, 0.6) is 0 Å². The minimum atomic E-state index is -2.68. The van der Waals surface area contributed by atoms with Crippen LogP contribution in [0.1, 0.15) is 1.37 Å². The fourth-order valence-corrected chi connectivity index (χ4v) is 0.991. The van der Waals surface area contributed by atoms with Crippen molar-refractivity contribution in [2.75, 3.05) is 6.61 Å². The standard InChI is InChI=1S/C6H12O6/c7-1-2-3(8)4(9)5(10)6(11)12-2/h2-11H,1H2/t2-,3+,4+,5-,6?/m1/s1/i5D. The number of aliphatic hydroxyl groups excluding tert-OH is 4. The molecule has 1 aliphatic rings. The van der Waals surface area contributed by atoms with Crippen LogP contribution in [0.25, 0.3) is 0 Å². The van der Waals surface area contributed by atoms with E-state index in [0.717, 1.165) is 0 Å². The molecule has 0 aromatic rings. The van der Waals surface area contributed by atoms with E-state index in [9.17, 15) is 0 Å². The van der Waals surface area contributed by atoms with E-state index in [0.29, 0.717) is 0 Å². The van der Waals surface area contributed by atoms with E-state index in [1.165, 1.54) is 0 Å². The van der Waals surface area contributed by atoms with Gasteiger partial charge >= 0.3 is 0 Å². The third-order valence-corrected chi connectivity index (χ3v) is 1.74. The zero-order valence-corrected chi connectivity index (χ0v) is 6.16. The second-order valence-electron chi connectivity index (χ2n) is 2.57. The summed E-state index contributed by atoms with van der Waals surface area (Å²) in [6, 6.07) is 0. The third-order valence-electron chi connectivity index (χ3n) is 1.74. The number of rotatable bonds is 1. The fraction of sp³-hybridized carbons (Fsp3) is 1.00. The molecule has 1 heterocycles. The van der Waals surface area contributed by atoms with E-state index in [1.807, 2.05) is 0 Å². The Morgan fingerprint density at radius 3 is 2.25 bits per heavy atom. The Morgan fingerprint density at radius 2 is 1.75 bits per heavy atom. The predicted molar refractivity (Wildman–Crippen MR) is 36.0 cm³/mol. The average Bonchev–Trinajstić information content (AvgIpc) is 2.09. The molecule has 6 heteroatoms. The summed E-state index contributed by atoms with van der Waals surface area (Å²) < 4.78 is 11.5. The molecule has 6 nitrogen and oxygen atoms in total. The van der Waals surface area contributed by atoms with Gasteiger partial charge in [-0.05, 0) is 0 Å². The molecular formula is C6H12O6. The molecule has 1 unspecified atom stereocenters. The van der Waals surface area contributed by atoms with Crippen LogP contribution in [0.3, 0.4) is 0 Å². The van der Waals surface area contributed by atoms with E-state index in [4.69, 9.17) is 26.9 Å². The van der Waals surface area contributed by atoms with Gasteiger partial charge in [-0.15, -0.1) is 0 Å². The van der Waals surface area contributed by atoms with E-state index in [1.54, 1.807) is 0 Å².